The molecule has 0 unspecified atom stereocenters. The molecule has 0 saturated heterocycles. The zero-order valence-electron chi connectivity index (χ0n) is 14.7. The quantitative estimate of drug-likeness (QED) is 0.740. The molecule has 2 heterocycles. The molecule has 1 amide bonds. The number of amides is 1. The molecule has 0 saturated carbocycles. The number of fused-ring (bicyclic) bond motifs is 1. The monoisotopic (exact) mass is 336 g/mol. The largest absolute Gasteiger partial charge is 0.494 e. The summed E-state index contributed by atoms with van der Waals surface area (Å²) >= 11 is 0. The van der Waals surface area contributed by atoms with E-state index in [1.54, 1.807) is 24.8 Å². The van der Waals surface area contributed by atoms with Gasteiger partial charge in [-0.2, -0.15) is 9.78 Å². The summed E-state index contributed by atoms with van der Waals surface area (Å²) in [7, 11) is 1.62. The summed E-state index contributed by atoms with van der Waals surface area (Å²) in [5.41, 5.74) is 2.60. The Labute approximate surface area is 146 Å². The maximum atomic E-state index is 11.9. The summed E-state index contributed by atoms with van der Waals surface area (Å²) in [6, 6.07) is 9.58. The van der Waals surface area contributed by atoms with Crippen LogP contribution in [0.2, 0.25) is 0 Å². The molecule has 0 atom stereocenters. The molecule has 2 aromatic heterocycles. The molecule has 3 aromatic rings. The van der Waals surface area contributed by atoms with E-state index >= 15 is 0 Å². The van der Waals surface area contributed by atoms with Gasteiger partial charge >= 0.3 is 0 Å². The molecule has 3 rings (SSSR count). The minimum absolute atomic E-state index is 0.209. The van der Waals surface area contributed by atoms with Crippen molar-refractivity contribution >= 4 is 22.6 Å². The zero-order valence-corrected chi connectivity index (χ0v) is 14.7. The Morgan fingerprint density at radius 1 is 1.28 bits per heavy atom. The number of anilines is 1. The topological polar surface area (TPSA) is 69.0 Å². The van der Waals surface area contributed by atoms with Crippen LogP contribution in [-0.2, 0) is 4.79 Å². The van der Waals surface area contributed by atoms with Crippen LogP contribution in [0.25, 0.3) is 16.7 Å². The Morgan fingerprint density at radius 3 is 2.80 bits per heavy atom. The minimum atomic E-state index is -0.209. The molecular weight excluding hydrogens is 316 g/mol. The third-order valence-electron chi connectivity index (χ3n) is 3.83. The lowest BCUT2D eigenvalue weighted by atomic mass is 10.1. The van der Waals surface area contributed by atoms with Gasteiger partial charge < -0.3 is 10.1 Å². The lowest BCUT2D eigenvalue weighted by molar-refractivity contribution is -0.111. The summed E-state index contributed by atoms with van der Waals surface area (Å²) < 4.78 is 7.07. The average Bonchev–Trinajstić information content (AvgIpc) is 2.94. The number of hydrogen-bond donors (Lipinski definition) is 1. The third kappa shape index (κ3) is 3.24. The van der Waals surface area contributed by atoms with Crippen LogP contribution in [-0.4, -0.2) is 27.8 Å². The fraction of sp³-hybridized carbons (Fsp3) is 0.211. The molecule has 0 radical (unpaired) electrons. The van der Waals surface area contributed by atoms with Crippen molar-refractivity contribution in [2.24, 2.45) is 0 Å². The van der Waals surface area contributed by atoms with E-state index in [2.05, 4.69) is 10.4 Å². The van der Waals surface area contributed by atoms with Gasteiger partial charge in [-0.3, -0.25) is 4.79 Å². The van der Waals surface area contributed by atoms with Crippen molar-refractivity contribution in [2.75, 3.05) is 12.4 Å². The van der Waals surface area contributed by atoms with Crippen LogP contribution >= 0.6 is 0 Å². The first kappa shape index (κ1) is 16.7. The number of ether oxygens (including phenoxy) is 1. The summed E-state index contributed by atoms with van der Waals surface area (Å²) in [5.74, 6) is 1.68. The van der Waals surface area contributed by atoms with Crippen molar-refractivity contribution in [3.63, 3.8) is 0 Å². The fourth-order valence-corrected chi connectivity index (χ4v) is 2.73. The van der Waals surface area contributed by atoms with Crippen molar-refractivity contribution in [3.8, 4) is 11.6 Å². The summed E-state index contributed by atoms with van der Waals surface area (Å²) in [5, 5.41) is 8.32. The first-order chi connectivity index (χ1) is 12.0. The van der Waals surface area contributed by atoms with E-state index in [1.807, 2.05) is 44.2 Å². The number of nitrogens with one attached hydrogen (secondary N) is 1. The highest BCUT2D eigenvalue weighted by Crippen LogP contribution is 2.28. The number of aryl methyl sites for hydroxylation is 2. The molecule has 128 valence electrons. The van der Waals surface area contributed by atoms with E-state index in [0.717, 1.165) is 22.2 Å². The van der Waals surface area contributed by atoms with Crippen molar-refractivity contribution in [3.05, 3.63) is 53.7 Å². The molecule has 25 heavy (non-hydrogen) atoms. The average molecular weight is 336 g/mol. The lowest BCUT2D eigenvalue weighted by Crippen LogP contribution is -2.13. The number of pyridine rings is 1. The van der Waals surface area contributed by atoms with Crippen LogP contribution in [0.3, 0.4) is 0 Å². The molecule has 0 bridgehead atoms. The number of hydrogen-bond acceptors (Lipinski definition) is 4. The molecule has 0 aliphatic carbocycles. The number of nitrogens with zero attached hydrogens (tertiary/aromatic N) is 3. The predicted molar refractivity (Wildman–Crippen MR) is 98.3 cm³/mol. The smallest absolute Gasteiger partial charge is 0.249 e. The molecule has 6 nitrogen and oxygen atoms in total. The van der Waals surface area contributed by atoms with E-state index in [4.69, 9.17) is 9.72 Å². The molecule has 0 aliphatic rings. The van der Waals surface area contributed by atoms with Gasteiger partial charge in [-0.25, -0.2) is 4.98 Å². The van der Waals surface area contributed by atoms with Crippen LogP contribution in [0, 0.1) is 13.8 Å². The van der Waals surface area contributed by atoms with Gasteiger partial charge in [0, 0.05) is 11.5 Å². The van der Waals surface area contributed by atoms with Crippen molar-refractivity contribution in [1.29, 1.82) is 0 Å². The van der Waals surface area contributed by atoms with Crippen LogP contribution in [0.5, 0.6) is 5.75 Å². The zero-order chi connectivity index (χ0) is 18.0. The Balaban J connectivity index is 2.15. The number of aromatic nitrogens is 3. The van der Waals surface area contributed by atoms with Gasteiger partial charge in [0.25, 0.3) is 0 Å². The number of methoxy groups -OCH3 is 1. The molecule has 0 aliphatic heterocycles. The van der Waals surface area contributed by atoms with Crippen molar-refractivity contribution in [1.82, 2.24) is 14.8 Å². The summed E-state index contributed by atoms with van der Waals surface area (Å²) in [4.78, 5) is 16.6. The molecule has 6 heteroatoms. The first-order valence-corrected chi connectivity index (χ1v) is 7.98. The third-order valence-corrected chi connectivity index (χ3v) is 3.83. The molecule has 1 aromatic carbocycles. The fourth-order valence-electron chi connectivity index (χ4n) is 2.73. The first-order valence-electron chi connectivity index (χ1n) is 7.98. The minimum Gasteiger partial charge on any atom is -0.494 e. The van der Waals surface area contributed by atoms with Crippen LogP contribution in [0.4, 0.5) is 5.82 Å². The molecule has 0 spiro atoms. The van der Waals surface area contributed by atoms with Gasteiger partial charge in [0.1, 0.15) is 17.1 Å². The van der Waals surface area contributed by atoms with Gasteiger partial charge in [0.15, 0.2) is 5.82 Å². The van der Waals surface area contributed by atoms with Gasteiger partial charge in [-0.15, -0.1) is 0 Å². The number of para-hydroxylation sites is 1. The van der Waals surface area contributed by atoms with Crippen molar-refractivity contribution < 1.29 is 9.53 Å². The van der Waals surface area contributed by atoms with E-state index in [1.165, 1.54) is 6.08 Å². The maximum Gasteiger partial charge on any atom is 0.249 e. The molecule has 1 N–H and O–H groups in total. The summed E-state index contributed by atoms with van der Waals surface area (Å²) in [6.07, 6.45) is 3.15. The lowest BCUT2D eigenvalue weighted by Gasteiger charge is -2.11. The van der Waals surface area contributed by atoms with Gasteiger partial charge in [0.05, 0.1) is 12.8 Å². The number of rotatable bonds is 4. The summed E-state index contributed by atoms with van der Waals surface area (Å²) in [6.45, 7) is 5.68. The van der Waals surface area contributed by atoms with E-state index in [0.29, 0.717) is 17.4 Å². The molecule has 0 fully saturated rings. The van der Waals surface area contributed by atoms with Crippen LogP contribution < -0.4 is 10.1 Å². The Kier molecular flexibility index (Phi) is 4.52. The predicted octanol–water partition coefficient (Wildman–Crippen LogP) is 3.56. The highest BCUT2D eigenvalue weighted by molar-refractivity contribution is 5.98. The standard InChI is InChI=1S/C19H20N4O2/c1-5-7-18(24)20-17-11-13(3)22-23(17)16-10-12(2)14-8-6-9-15(25-4)19(14)21-16/h5-11H,1-4H3,(H,20,24)/b7-5+. The normalized spacial score (nSPS) is 11.2. The Morgan fingerprint density at radius 2 is 2.08 bits per heavy atom. The second-order valence-electron chi connectivity index (χ2n) is 5.73. The number of benzene rings is 1. The van der Waals surface area contributed by atoms with E-state index < -0.39 is 0 Å². The van der Waals surface area contributed by atoms with Crippen molar-refractivity contribution in [2.45, 2.75) is 20.8 Å². The highest BCUT2D eigenvalue weighted by Gasteiger charge is 2.14. The van der Waals surface area contributed by atoms with E-state index in [9.17, 15) is 4.79 Å². The van der Waals surface area contributed by atoms with Crippen LogP contribution in [0.1, 0.15) is 18.2 Å². The van der Waals surface area contributed by atoms with Gasteiger partial charge in [-0.1, -0.05) is 18.2 Å². The van der Waals surface area contributed by atoms with Gasteiger partial charge in [0.2, 0.25) is 5.91 Å². The van der Waals surface area contributed by atoms with E-state index in [-0.39, 0.29) is 5.91 Å². The SMILES string of the molecule is C/C=C/C(=O)Nc1cc(C)nn1-c1cc(C)c2cccc(OC)c2n1. The maximum absolute atomic E-state index is 11.9. The number of carbonyl (C=O) groups is 1. The highest BCUT2D eigenvalue weighted by atomic mass is 16.5. The second kappa shape index (κ2) is 6.76. The Hall–Kier alpha value is -3.15. The van der Waals surface area contributed by atoms with Crippen LogP contribution in [0.15, 0.2) is 42.5 Å². The number of allylic oxidation sites excluding steroid dienone is 1. The second-order valence-corrected chi connectivity index (χ2v) is 5.73. The number of carbonyl (C=O) groups excluding carboxylic acids is 1. The Bertz CT molecular complexity index is 973. The van der Waals surface area contributed by atoms with Gasteiger partial charge in [-0.05, 0) is 44.5 Å². The molecular formula is C19H20N4O2.